The zero-order valence-corrected chi connectivity index (χ0v) is 26.6. The summed E-state index contributed by atoms with van der Waals surface area (Å²) in [5, 5.41) is 34.1. The maximum absolute atomic E-state index is 14.3. The molecule has 0 spiro atoms. The fourth-order valence-electron chi connectivity index (χ4n) is 8.36. The van der Waals surface area contributed by atoms with Gasteiger partial charge in [-0.05, 0) is 90.5 Å². The molecular weight excluding hydrogens is 617 g/mol. The van der Waals surface area contributed by atoms with Gasteiger partial charge in [-0.15, -0.1) is 0 Å². The maximum Gasteiger partial charge on any atom is 0.416 e. The van der Waals surface area contributed by atoms with Gasteiger partial charge in [0, 0.05) is 29.8 Å². The molecular formula is C35H41F3N2O7. The third kappa shape index (κ3) is 5.78. The Morgan fingerprint density at radius 2 is 1.85 bits per heavy atom. The van der Waals surface area contributed by atoms with Crippen molar-refractivity contribution in [2.45, 2.75) is 70.1 Å². The van der Waals surface area contributed by atoms with Crippen LogP contribution in [0, 0.1) is 23.2 Å². The standard InChI is InChI=1S/C35H41F3N2O7/c1-34(2)22-9-6-20(25(34)14-22)16-40(33(45)19-4-7-21(8-5-19)35(36,37)38)26-15-24(32(44)39-10-11-41)28-23-12-18(17-42)13-27(46-3)30(23)47-31(28)29(26)43/h4-5,7-8,12-13,15,20,22,25-26,28-29,31,41-43H,6,9-11,14,16-17H2,1-3H3,(H,39,44)/t20-,22-,25-,26+,28-,29-,31-/m0/s1. The first-order valence-electron chi connectivity index (χ1n) is 16.1. The SMILES string of the molecule is COc1cc(CO)cc2c1O[C@@H]1[C@@H](O)[C@H](N(C[C@@H]3CC[C@H]4C[C@@H]3C4(C)C)C(=O)c3ccc(C(F)(F)F)cc3)C=C(C(=O)NCCO)[C@H]21. The number of halogens is 3. The molecule has 5 aliphatic rings. The number of aliphatic hydroxyl groups is 3. The number of nitrogens with one attached hydrogen (secondary N) is 1. The van der Waals surface area contributed by atoms with E-state index in [4.69, 9.17) is 9.47 Å². The molecule has 7 rings (SSSR count). The van der Waals surface area contributed by atoms with Gasteiger partial charge in [0.1, 0.15) is 12.2 Å². The number of amides is 2. The highest BCUT2D eigenvalue weighted by Gasteiger charge is 2.56. The zero-order chi connectivity index (χ0) is 33.8. The van der Waals surface area contributed by atoms with Gasteiger partial charge >= 0.3 is 6.18 Å². The summed E-state index contributed by atoms with van der Waals surface area (Å²) in [5.74, 6) is -0.291. The summed E-state index contributed by atoms with van der Waals surface area (Å²) >= 11 is 0. The molecule has 0 radical (unpaired) electrons. The molecule has 3 saturated carbocycles. The van der Waals surface area contributed by atoms with Crippen molar-refractivity contribution in [3.05, 3.63) is 70.3 Å². The molecule has 2 bridgehead atoms. The van der Waals surface area contributed by atoms with Crippen molar-refractivity contribution in [2.24, 2.45) is 23.2 Å². The van der Waals surface area contributed by atoms with Crippen LogP contribution in [-0.4, -0.2) is 77.1 Å². The molecule has 0 saturated heterocycles. The van der Waals surface area contributed by atoms with Gasteiger partial charge in [0.05, 0.1) is 37.8 Å². The highest BCUT2D eigenvalue weighted by Crippen LogP contribution is 2.61. The second-order valence-electron chi connectivity index (χ2n) is 13.7. The summed E-state index contributed by atoms with van der Waals surface area (Å²) in [7, 11) is 1.44. The van der Waals surface area contributed by atoms with Crippen LogP contribution in [0.4, 0.5) is 13.2 Å². The highest BCUT2D eigenvalue weighted by molar-refractivity contribution is 5.97. The average Bonchev–Trinajstić information content (AvgIpc) is 3.45. The molecule has 254 valence electrons. The number of nitrogens with zero attached hydrogens (tertiary/aromatic N) is 1. The minimum absolute atomic E-state index is 0.0263. The van der Waals surface area contributed by atoms with E-state index in [1.54, 1.807) is 18.2 Å². The number of carbonyl (C=O) groups is 2. The van der Waals surface area contributed by atoms with Gasteiger partial charge in [-0.2, -0.15) is 13.2 Å². The number of benzene rings is 2. The van der Waals surface area contributed by atoms with E-state index in [2.05, 4.69) is 19.2 Å². The van der Waals surface area contributed by atoms with E-state index in [1.807, 2.05) is 0 Å². The average molecular weight is 659 g/mol. The summed E-state index contributed by atoms with van der Waals surface area (Å²) in [5.41, 5.74) is 0.452. The van der Waals surface area contributed by atoms with Gasteiger partial charge < -0.3 is 35.0 Å². The number of methoxy groups -OCH3 is 1. The van der Waals surface area contributed by atoms with Crippen molar-refractivity contribution in [2.75, 3.05) is 26.8 Å². The maximum atomic E-state index is 14.3. The molecule has 7 atom stereocenters. The largest absolute Gasteiger partial charge is 0.493 e. The van der Waals surface area contributed by atoms with E-state index in [1.165, 1.54) is 12.0 Å². The molecule has 0 unspecified atom stereocenters. The molecule has 2 amide bonds. The van der Waals surface area contributed by atoms with Crippen molar-refractivity contribution in [3.8, 4) is 11.5 Å². The van der Waals surface area contributed by atoms with Crippen molar-refractivity contribution in [1.82, 2.24) is 10.2 Å². The molecule has 1 heterocycles. The van der Waals surface area contributed by atoms with Crippen LogP contribution in [0.2, 0.25) is 0 Å². The van der Waals surface area contributed by atoms with Crippen LogP contribution >= 0.6 is 0 Å². The molecule has 2 aromatic carbocycles. The van der Waals surface area contributed by atoms with Crippen LogP contribution < -0.4 is 14.8 Å². The van der Waals surface area contributed by atoms with E-state index < -0.39 is 47.7 Å². The fourth-order valence-corrected chi connectivity index (χ4v) is 8.36. The Balaban J connectivity index is 1.43. The molecule has 2 aromatic rings. The lowest BCUT2D eigenvalue weighted by Crippen LogP contribution is -2.59. The molecule has 3 fully saturated rings. The molecule has 9 nitrogen and oxygen atoms in total. The van der Waals surface area contributed by atoms with Gasteiger partial charge in [0.25, 0.3) is 5.91 Å². The first-order chi connectivity index (χ1) is 22.3. The van der Waals surface area contributed by atoms with Crippen molar-refractivity contribution >= 4 is 11.8 Å². The molecule has 4 aliphatic carbocycles. The van der Waals surface area contributed by atoms with Crippen molar-refractivity contribution in [1.29, 1.82) is 0 Å². The third-order valence-electron chi connectivity index (χ3n) is 11.0. The van der Waals surface area contributed by atoms with Gasteiger partial charge in [-0.3, -0.25) is 9.59 Å². The number of fused-ring (bicyclic) bond motifs is 5. The quantitative estimate of drug-likeness (QED) is 0.320. The molecule has 1 aliphatic heterocycles. The summed E-state index contributed by atoms with van der Waals surface area (Å²) in [6, 6.07) is 6.23. The second kappa shape index (κ2) is 12.4. The second-order valence-corrected chi connectivity index (χ2v) is 13.7. The van der Waals surface area contributed by atoms with E-state index in [-0.39, 0.29) is 48.8 Å². The number of rotatable bonds is 9. The number of hydrogen-bond donors (Lipinski definition) is 4. The molecule has 4 N–H and O–H groups in total. The van der Waals surface area contributed by atoms with Crippen molar-refractivity contribution < 1.29 is 47.6 Å². The Labute approximate surface area is 271 Å². The lowest BCUT2D eigenvalue weighted by Gasteiger charge is -2.61. The molecule has 47 heavy (non-hydrogen) atoms. The Morgan fingerprint density at radius 3 is 2.45 bits per heavy atom. The van der Waals surface area contributed by atoms with Crippen LogP contribution in [-0.2, 0) is 17.6 Å². The van der Waals surface area contributed by atoms with Crippen molar-refractivity contribution in [3.63, 3.8) is 0 Å². The first kappa shape index (κ1) is 33.3. The Hall–Kier alpha value is -3.61. The summed E-state index contributed by atoms with van der Waals surface area (Å²) in [6.45, 7) is 4.02. The van der Waals surface area contributed by atoms with Crippen LogP contribution in [0.1, 0.15) is 66.1 Å². The van der Waals surface area contributed by atoms with Crippen LogP contribution in [0.3, 0.4) is 0 Å². The number of hydrogen-bond acceptors (Lipinski definition) is 7. The first-order valence-corrected chi connectivity index (χ1v) is 16.1. The number of ether oxygens (including phenoxy) is 2. The smallest absolute Gasteiger partial charge is 0.416 e. The van der Waals surface area contributed by atoms with E-state index in [9.17, 15) is 38.1 Å². The number of alkyl halides is 3. The minimum Gasteiger partial charge on any atom is -0.493 e. The number of carbonyl (C=O) groups excluding carboxylic acids is 2. The van der Waals surface area contributed by atoms with Crippen LogP contribution in [0.15, 0.2) is 48.0 Å². The topological polar surface area (TPSA) is 129 Å². The Bertz CT molecular complexity index is 1560. The normalized spacial score (nSPS) is 28.6. The summed E-state index contributed by atoms with van der Waals surface area (Å²) in [6.07, 6.45) is -2.52. The predicted molar refractivity (Wildman–Crippen MR) is 165 cm³/mol. The Kier molecular flexibility index (Phi) is 8.82. The zero-order valence-electron chi connectivity index (χ0n) is 26.6. The van der Waals surface area contributed by atoms with Crippen LogP contribution in [0.5, 0.6) is 11.5 Å². The molecule has 0 aromatic heterocycles. The third-order valence-corrected chi connectivity index (χ3v) is 11.0. The van der Waals surface area contributed by atoms with Gasteiger partial charge in [0.15, 0.2) is 11.5 Å². The number of aliphatic hydroxyl groups excluding tert-OH is 3. The minimum atomic E-state index is -4.57. The van der Waals surface area contributed by atoms with Crippen LogP contribution in [0.25, 0.3) is 0 Å². The summed E-state index contributed by atoms with van der Waals surface area (Å²) in [4.78, 5) is 29.5. The van der Waals surface area contributed by atoms with Gasteiger partial charge in [-0.1, -0.05) is 13.8 Å². The fraction of sp³-hybridized carbons (Fsp3) is 0.543. The Morgan fingerprint density at radius 1 is 1.13 bits per heavy atom. The monoisotopic (exact) mass is 658 g/mol. The van der Waals surface area contributed by atoms with Gasteiger partial charge in [0.2, 0.25) is 5.91 Å². The van der Waals surface area contributed by atoms with E-state index in [0.29, 0.717) is 34.5 Å². The van der Waals surface area contributed by atoms with E-state index >= 15 is 0 Å². The summed E-state index contributed by atoms with van der Waals surface area (Å²) < 4.78 is 51.9. The van der Waals surface area contributed by atoms with Gasteiger partial charge in [-0.25, -0.2) is 0 Å². The lowest BCUT2D eigenvalue weighted by atomic mass is 9.45. The predicted octanol–water partition coefficient (Wildman–Crippen LogP) is 4.04. The lowest BCUT2D eigenvalue weighted by molar-refractivity contribution is -0.137. The molecule has 12 heteroatoms. The van der Waals surface area contributed by atoms with E-state index in [0.717, 1.165) is 43.5 Å². The highest BCUT2D eigenvalue weighted by atomic mass is 19.4.